The molecule has 0 atom stereocenters. The average molecular weight is 310 g/mol. The largest absolute Gasteiger partial charge is 0.462 e. The molecule has 5 heteroatoms. The fourth-order valence-electron chi connectivity index (χ4n) is 1.99. The summed E-state index contributed by atoms with van der Waals surface area (Å²) < 4.78 is 4.97. The van der Waals surface area contributed by atoms with E-state index in [1.54, 1.807) is 50.4 Å². The SMILES string of the molecule is CCOC(=O)c1cccc(NC(C)=CC(=O)c2cccnc2)c1. The number of rotatable bonds is 6. The number of ketones is 1. The summed E-state index contributed by atoms with van der Waals surface area (Å²) in [6, 6.07) is 10.4. The molecule has 5 nitrogen and oxygen atoms in total. The molecule has 118 valence electrons. The van der Waals surface area contributed by atoms with Crippen LogP contribution in [0.3, 0.4) is 0 Å². The lowest BCUT2D eigenvalue weighted by atomic mass is 10.1. The quantitative estimate of drug-likeness (QED) is 0.503. The molecular formula is C18H18N2O3. The first-order chi connectivity index (χ1) is 11.1. The maximum absolute atomic E-state index is 12.1. The fourth-order valence-corrected chi connectivity index (χ4v) is 1.99. The summed E-state index contributed by atoms with van der Waals surface area (Å²) in [5.41, 5.74) is 2.36. The number of allylic oxidation sites excluding steroid dienone is 2. The summed E-state index contributed by atoms with van der Waals surface area (Å²) in [5, 5.41) is 3.09. The van der Waals surface area contributed by atoms with Gasteiger partial charge in [-0.1, -0.05) is 6.07 Å². The lowest BCUT2D eigenvalue weighted by Gasteiger charge is -2.08. The maximum Gasteiger partial charge on any atom is 0.338 e. The van der Waals surface area contributed by atoms with E-state index < -0.39 is 0 Å². The number of nitrogens with one attached hydrogen (secondary N) is 1. The Bertz CT molecular complexity index is 724. The third kappa shape index (κ3) is 4.78. The van der Waals surface area contributed by atoms with E-state index >= 15 is 0 Å². The van der Waals surface area contributed by atoms with E-state index in [0.29, 0.717) is 29.1 Å². The second-order valence-corrected chi connectivity index (χ2v) is 4.86. The Balaban J connectivity index is 2.09. The van der Waals surface area contributed by atoms with Crippen molar-refractivity contribution in [1.29, 1.82) is 0 Å². The van der Waals surface area contributed by atoms with Gasteiger partial charge in [0.15, 0.2) is 5.78 Å². The van der Waals surface area contributed by atoms with Gasteiger partial charge in [0, 0.05) is 35.4 Å². The van der Waals surface area contributed by atoms with Gasteiger partial charge in [-0.05, 0) is 44.2 Å². The van der Waals surface area contributed by atoms with Crippen molar-refractivity contribution in [1.82, 2.24) is 4.98 Å². The molecule has 1 N–H and O–H groups in total. The summed E-state index contributed by atoms with van der Waals surface area (Å²) in [6.07, 6.45) is 4.63. The number of benzene rings is 1. The minimum absolute atomic E-state index is 0.135. The van der Waals surface area contributed by atoms with Gasteiger partial charge in [0.2, 0.25) is 0 Å². The first-order valence-corrected chi connectivity index (χ1v) is 7.27. The fraction of sp³-hybridized carbons (Fsp3) is 0.167. The van der Waals surface area contributed by atoms with Crippen molar-refractivity contribution in [2.24, 2.45) is 0 Å². The smallest absolute Gasteiger partial charge is 0.338 e. The molecule has 1 heterocycles. The normalized spacial score (nSPS) is 11.0. The van der Waals surface area contributed by atoms with Gasteiger partial charge in [0.05, 0.1) is 12.2 Å². The van der Waals surface area contributed by atoms with Crippen LogP contribution < -0.4 is 5.32 Å². The minimum atomic E-state index is -0.371. The Morgan fingerprint density at radius 1 is 1.22 bits per heavy atom. The second kappa shape index (κ2) is 7.89. The topological polar surface area (TPSA) is 68.3 Å². The zero-order valence-electron chi connectivity index (χ0n) is 13.1. The number of hydrogen-bond donors (Lipinski definition) is 1. The Morgan fingerprint density at radius 3 is 2.70 bits per heavy atom. The van der Waals surface area contributed by atoms with Crippen molar-refractivity contribution in [3.63, 3.8) is 0 Å². The third-order valence-electron chi connectivity index (χ3n) is 3.01. The van der Waals surface area contributed by atoms with Crippen LogP contribution in [0.4, 0.5) is 5.69 Å². The number of carbonyl (C=O) groups excluding carboxylic acids is 2. The summed E-state index contributed by atoms with van der Waals surface area (Å²) in [5.74, 6) is -0.506. The molecule has 0 aliphatic heterocycles. The Labute approximate surface area is 135 Å². The van der Waals surface area contributed by atoms with E-state index in [4.69, 9.17) is 4.74 Å². The van der Waals surface area contributed by atoms with Crippen LogP contribution >= 0.6 is 0 Å². The third-order valence-corrected chi connectivity index (χ3v) is 3.01. The van der Waals surface area contributed by atoms with Crippen molar-refractivity contribution in [3.05, 3.63) is 71.7 Å². The van der Waals surface area contributed by atoms with Gasteiger partial charge in [0.25, 0.3) is 0 Å². The number of aromatic nitrogens is 1. The predicted molar refractivity (Wildman–Crippen MR) is 88.3 cm³/mol. The molecule has 1 aromatic carbocycles. The summed E-state index contributed by atoms with van der Waals surface area (Å²) >= 11 is 0. The van der Waals surface area contributed by atoms with E-state index in [2.05, 4.69) is 10.3 Å². The zero-order valence-corrected chi connectivity index (χ0v) is 13.1. The van der Waals surface area contributed by atoms with E-state index in [0.717, 1.165) is 0 Å². The van der Waals surface area contributed by atoms with Crippen LogP contribution in [-0.2, 0) is 4.74 Å². The molecule has 0 bridgehead atoms. The second-order valence-electron chi connectivity index (χ2n) is 4.86. The summed E-state index contributed by atoms with van der Waals surface area (Å²) in [7, 11) is 0. The lowest BCUT2D eigenvalue weighted by Crippen LogP contribution is -2.06. The van der Waals surface area contributed by atoms with Crippen LogP contribution in [0.5, 0.6) is 0 Å². The molecule has 0 aliphatic carbocycles. The van der Waals surface area contributed by atoms with Gasteiger partial charge in [0.1, 0.15) is 0 Å². The van der Waals surface area contributed by atoms with Gasteiger partial charge in [-0.25, -0.2) is 4.79 Å². The molecule has 0 radical (unpaired) electrons. The molecule has 0 fully saturated rings. The molecule has 0 amide bonds. The first-order valence-electron chi connectivity index (χ1n) is 7.27. The van der Waals surface area contributed by atoms with Crippen molar-refractivity contribution >= 4 is 17.4 Å². The monoisotopic (exact) mass is 310 g/mol. The van der Waals surface area contributed by atoms with Crippen LogP contribution in [0.2, 0.25) is 0 Å². The predicted octanol–water partition coefficient (Wildman–Crippen LogP) is 3.46. The lowest BCUT2D eigenvalue weighted by molar-refractivity contribution is 0.0526. The maximum atomic E-state index is 12.1. The first kappa shape index (κ1) is 16.4. The van der Waals surface area contributed by atoms with E-state index in [-0.39, 0.29) is 11.8 Å². The minimum Gasteiger partial charge on any atom is -0.462 e. The van der Waals surface area contributed by atoms with Crippen LogP contribution in [0.15, 0.2) is 60.6 Å². The average Bonchev–Trinajstić information content (AvgIpc) is 2.56. The van der Waals surface area contributed by atoms with Crippen molar-refractivity contribution < 1.29 is 14.3 Å². The number of anilines is 1. The molecule has 0 unspecified atom stereocenters. The number of ether oxygens (including phenoxy) is 1. The van der Waals surface area contributed by atoms with Crippen LogP contribution in [0, 0.1) is 0 Å². The Morgan fingerprint density at radius 2 is 2.00 bits per heavy atom. The highest BCUT2D eigenvalue weighted by molar-refractivity contribution is 6.04. The number of nitrogens with zero attached hydrogens (tertiary/aromatic N) is 1. The van der Waals surface area contributed by atoms with Crippen molar-refractivity contribution in [2.45, 2.75) is 13.8 Å². The van der Waals surface area contributed by atoms with E-state index in [1.165, 1.54) is 12.3 Å². The molecule has 0 saturated heterocycles. The standard InChI is InChI=1S/C18H18N2O3/c1-3-23-18(22)14-6-4-8-16(11-14)20-13(2)10-17(21)15-7-5-9-19-12-15/h4-12,20H,3H2,1-2H3. The molecule has 2 aromatic rings. The number of esters is 1. The molecule has 2 rings (SSSR count). The van der Waals surface area contributed by atoms with Gasteiger partial charge in [-0.15, -0.1) is 0 Å². The molecule has 1 aromatic heterocycles. The van der Waals surface area contributed by atoms with Crippen LogP contribution in [0.25, 0.3) is 0 Å². The van der Waals surface area contributed by atoms with Crippen LogP contribution in [0.1, 0.15) is 34.6 Å². The Hall–Kier alpha value is -2.95. The summed E-state index contributed by atoms with van der Waals surface area (Å²) in [4.78, 5) is 27.7. The zero-order chi connectivity index (χ0) is 16.7. The number of carbonyl (C=O) groups is 2. The van der Waals surface area contributed by atoms with Gasteiger partial charge < -0.3 is 10.1 Å². The number of pyridine rings is 1. The van der Waals surface area contributed by atoms with Gasteiger partial charge in [-0.2, -0.15) is 0 Å². The highest BCUT2D eigenvalue weighted by atomic mass is 16.5. The van der Waals surface area contributed by atoms with Crippen molar-refractivity contribution in [2.75, 3.05) is 11.9 Å². The van der Waals surface area contributed by atoms with E-state index in [1.807, 2.05) is 6.07 Å². The molecule has 23 heavy (non-hydrogen) atoms. The molecule has 0 spiro atoms. The highest BCUT2D eigenvalue weighted by Crippen LogP contribution is 2.14. The van der Waals surface area contributed by atoms with E-state index in [9.17, 15) is 9.59 Å². The number of hydrogen-bond acceptors (Lipinski definition) is 5. The molecule has 0 aliphatic rings. The van der Waals surface area contributed by atoms with Crippen molar-refractivity contribution in [3.8, 4) is 0 Å². The highest BCUT2D eigenvalue weighted by Gasteiger charge is 2.07. The van der Waals surface area contributed by atoms with Gasteiger partial charge >= 0.3 is 5.97 Å². The van der Waals surface area contributed by atoms with Crippen LogP contribution in [-0.4, -0.2) is 23.3 Å². The Kier molecular flexibility index (Phi) is 5.63. The molecular weight excluding hydrogens is 292 g/mol. The summed E-state index contributed by atoms with van der Waals surface area (Å²) in [6.45, 7) is 3.87. The van der Waals surface area contributed by atoms with Gasteiger partial charge in [-0.3, -0.25) is 9.78 Å². The molecule has 0 saturated carbocycles.